The normalized spacial score (nSPS) is 12.1. The SMILES string of the molecule is C[C@@H](NC(=O)Cn1c(=O)oc2cc([N+](=O)[O-])ccc21)c1ccc(F)cc1. The average molecular weight is 359 g/mol. The molecule has 0 fully saturated rings. The zero-order valence-electron chi connectivity index (χ0n) is 13.6. The number of non-ortho nitro benzene ring substituents is 1. The van der Waals surface area contributed by atoms with E-state index >= 15 is 0 Å². The standard InChI is InChI=1S/C17H14FN3O5/c1-10(11-2-4-12(18)5-3-11)19-16(22)9-20-14-7-6-13(21(24)25)8-15(14)26-17(20)23/h2-8,10H,9H2,1H3,(H,19,22)/t10-/m1/s1. The van der Waals surface area contributed by atoms with Crippen LogP contribution in [0.3, 0.4) is 0 Å². The summed E-state index contributed by atoms with van der Waals surface area (Å²) in [7, 11) is 0. The maximum atomic E-state index is 13.0. The molecule has 26 heavy (non-hydrogen) atoms. The Hall–Kier alpha value is -3.49. The molecule has 0 spiro atoms. The number of halogens is 1. The number of nitro benzene ring substituents is 1. The number of amides is 1. The van der Waals surface area contributed by atoms with Crippen molar-refractivity contribution in [3.63, 3.8) is 0 Å². The number of hydrogen-bond acceptors (Lipinski definition) is 5. The maximum Gasteiger partial charge on any atom is 0.420 e. The van der Waals surface area contributed by atoms with E-state index in [2.05, 4.69) is 5.32 Å². The average Bonchev–Trinajstić information content (AvgIpc) is 2.90. The van der Waals surface area contributed by atoms with Crippen molar-refractivity contribution in [2.45, 2.75) is 19.5 Å². The molecule has 0 radical (unpaired) electrons. The lowest BCUT2D eigenvalue weighted by Gasteiger charge is -2.14. The predicted molar refractivity (Wildman–Crippen MR) is 90.1 cm³/mol. The molecule has 0 saturated heterocycles. The molecule has 1 atom stereocenters. The zero-order valence-corrected chi connectivity index (χ0v) is 13.6. The van der Waals surface area contributed by atoms with Gasteiger partial charge in [-0.3, -0.25) is 19.5 Å². The van der Waals surface area contributed by atoms with Crippen molar-refractivity contribution in [1.29, 1.82) is 0 Å². The summed E-state index contributed by atoms with van der Waals surface area (Å²) in [4.78, 5) is 34.4. The number of carbonyl (C=O) groups is 1. The first-order valence-corrected chi connectivity index (χ1v) is 7.68. The van der Waals surface area contributed by atoms with E-state index in [-0.39, 0.29) is 29.1 Å². The molecule has 3 rings (SSSR count). The molecule has 1 N–H and O–H groups in total. The molecule has 3 aromatic rings. The second-order valence-corrected chi connectivity index (χ2v) is 5.70. The lowest BCUT2D eigenvalue weighted by atomic mass is 10.1. The minimum Gasteiger partial charge on any atom is -0.407 e. The minimum absolute atomic E-state index is 0.0311. The second kappa shape index (κ2) is 6.79. The van der Waals surface area contributed by atoms with E-state index in [1.165, 1.54) is 24.3 Å². The number of nitrogens with one attached hydrogen (secondary N) is 1. The smallest absolute Gasteiger partial charge is 0.407 e. The molecule has 9 heteroatoms. The summed E-state index contributed by atoms with van der Waals surface area (Å²) in [5, 5.41) is 13.5. The number of rotatable bonds is 5. The van der Waals surface area contributed by atoms with Crippen LogP contribution in [-0.2, 0) is 11.3 Å². The van der Waals surface area contributed by atoms with Crippen molar-refractivity contribution < 1.29 is 18.5 Å². The summed E-state index contributed by atoms with van der Waals surface area (Å²) in [6.07, 6.45) is 0. The maximum absolute atomic E-state index is 13.0. The number of carbonyl (C=O) groups excluding carboxylic acids is 1. The Labute approximate surface area is 146 Å². The van der Waals surface area contributed by atoms with Gasteiger partial charge in [-0.25, -0.2) is 9.18 Å². The van der Waals surface area contributed by atoms with Gasteiger partial charge in [-0.05, 0) is 30.7 Å². The lowest BCUT2D eigenvalue weighted by molar-refractivity contribution is -0.384. The largest absolute Gasteiger partial charge is 0.420 e. The van der Waals surface area contributed by atoms with Crippen LogP contribution in [0, 0.1) is 15.9 Å². The monoisotopic (exact) mass is 359 g/mol. The number of nitrogens with zero attached hydrogens (tertiary/aromatic N) is 2. The molecule has 134 valence electrons. The van der Waals surface area contributed by atoms with Gasteiger partial charge in [0.2, 0.25) is 5.91 Å². The molecule has 1 heterocycles. The summed E-state index contributed by atoms with van der Waals surface area (Å²) < 4.78 is 19.0. The summed E-state index contributed by atoms with van der Waals surface area (Å²) in [6.45, 7) is 1.42. The molecule has 0 bridgehead atoms. The number of nitro groups is 1. The summed E-state index contributed by atoms with van der Waals surface area (Å²) >= 11 is 0. The van der Waals surface area contributed by atoms with Crippen LogP contribution in [0.15, 0.2) is 51.7 Å². The first-order chi connectivity index (χ1) is 12.3. The summed E-state index contributed by atoms with van der Waals surface area (Å²) in [5.41, 5.74) is 0.807. The Bertz CT molecular complexity index is 1040. The van der Waals surface area contributed by atoms with Crippen LogP contribution < -0.4 is 11.1 Å². The van der Waals surface area contributed by atoms with E-state index < -0.39 is 22.6 Å². The zero-order chi connectivity index (χ0) is 18.8. The molecule has 0 unspecified atom stereocenters. The van der Waals surface area contributed by atoms with E-state index in [0.29, 0.717) is 5.56 Å². The molecule has 2 aromatic carbocycles. The van der Waals surface area contributed by atoms with Crippen LogP contribution in [0.25, 0.3) is 11.1 Å². The minimum atomic E-state index is -0.787. The Morgan fingerprint density at radius 1 is 1.31 bits per heavy atom. The quantitative estimate of drug-likeness (QED) is 0.556. The fraction of sp³-hybridized carbons (Fsp3) is 0.176. The Balaban J connectivity index is 1.78. The van der Waals surface area contributed by atoms with Crippen molar-refractivity contribution in [3.05, 3.63) is 74.5 Å². The molecule has 0 aliphatic rings. The highest BCUT2D eigenvalue weighted by Crippen LogP contribution is 2.20. The van der Waals surface area contributed by atoms with Gasteiger partial charge in [0.1, 0.15) is 12.4 Å². The molecular weight excluding hydrogens is 345 g/mol. The highest BCUT2D eigenvalue weighted by Gasteiger charge is 2.17. The van der Waals surface area contributed by atoms with E-state index in [4.69, 9.17) is 4.42 Å². The van der Waals surface area contributed by atoms with Crippen LogP contribution in [-0.4, -0.2) is 15.4 Å². The van der Waals surface area contributed by atoms with Crippen molar-refractivity contribution >= 4 is 22.7 Å². The van der Waals surface area contributed by atoms with Crippen molar-refractivity contribution in [2.24, 2.45) is 0 Å². The first kappa shape index (κ1) is 17.3. The summed E-state index contributed by atoms with van der Waals surface area (Å²) in [6, 6.07) is 9.02. The molecular formula is C17H14FN3O5. The number of fused-ring (bicyclic) bond motifs is 1. The third kappa shape index (κ3) is 3.46. The van der Waals surface area contributed by atoms with Crippen LogP contribution in [0.4, 0.5) is 10.1 Å². The Morgan fingerprint density at radius 3 is 2.65 bits per heavy atom. The van der Waals surface area contributed by atoms with Gasteiger partial charge in [-0.1, -0.05) is 12.1 Å². The van der Waals surface area contributed by atoms with Crippen LogP contribution in [0.5, 0.6) is 0 Å². The molecule has 1 aromatic heterocycles. The number of oxazole rings is 1. The number of hydrogen-bond donors (Lipinski definition) is 1. The van der Waals surface area contributed by atoms with Gasteiger partial charge < -0.3 is 9.73 Å². The fourth-order valence-corrected chi connectivity index (χ4v) is 2.58. The topological polar surface area (TPSA) is 107 Å². The number of aromatic nitrogens is 1. The fourth-order valence-electron chi connectivity index (χ4n) is 2.58. The highest BCUT2D eigenvalue weighted by molar-refractivity contribution is 5.80. The van der Waals surface area contributed by atoms with E-state index in [1.807, 2.05) is 0 Å². The van der Waals surface area contributed by atoms with Crippen LogP contribution in [0.2, 0.25) is 0 Å². The lowest BCUT2D eigenvalue weighted by Crippen LogP contribution is -2.32. The first-order valence-electron chi connectivity index (χ1n) is 7.68. The van der Waals surface area contributed by atoms with Gasteiger partial charge in [0.15, 0.2) is 5.58 Å². The molecule has 8 nitrogen and oxygen atoms in total. The van der Waals surface area contributed by atoms with Crippen LogP contribution in [0.1, 0.15) is 18.5 Å². The predicted octanol–water partition coefficient (Wildman–Crippen LogP) is 2.52. The Morgan fingerprint density at radius 2 is 2.00 bits per heavy atom. The third-order valence-corrected chi connectivity index (χ3v) is 3.91. The molecule has 0 saturated carbocycles. The van der Waals surface area contributed by atoms with Gasteiger partial charge in [-0.15, -0.1) is 0 Å². The van der Waals surface area contributed by atoms with Gasteiger partial charge in [0, 0.05) is 6.07 Å². The van der Waals surface area contributed by atoms with E-state index in [0.717, 1.165) is 10.6 Å². The molecule has 1 amide bonds. The third-order valence-electron chi connectivity index (χ3n) is 3.91. The van der Waals surface area contributed by atoms with Crippen molar-refractivity contribution in [1.82, 2.24) is 9.88 Å². The van der Waals surface area contributed by atoms with Gasteiger partial charge >= 0.3 is 5.76 Å². The van der Waals surface area contributed by atoms with Crippen molar-refractivity contribution in [3.8, 4) is 0 Å². The van der Waals surface area contributed by atoms with Crippen molar-refractivity contribution in [2.75, 3.05) is 0 Å². The molecule has 0 aliphatic heterocycles. The number of benzene rings is 2. The highest BCUT2D eigenvalue weighted by atomic mass is 19.1. The van der Waals surface area contributed by atoms with E-state index in [1.54, 1.807) is 19.1 Å². The van der Waals surface area contributed by atoms with Crippen LogP contribution >= 0.6 is 0 Å². The molecule has 0 aliphatic carbocycles. The van der Waals surface area contributed by atoms with Gasteiger partial charge in [0.25, 0.3) is 5.69 Å². The van der Waals surface area contributed by atoms with Gasteiger partial charge in [-0.2, -0.15) is 0 Å². The summed E-state index contributed by atoms with van der Waals surface area (Å²) in [5.74, 6) is -1.62. The Kier molecular flexibility index (Phi) is 4.53. The van der Waals surface area contributed by atoms with E-state index in [9.17, 15) is 24.1 Å². The second-order valence-electron chi connectivity index (χ2n) is 5.70. The van der Waals surface area contributed by atoms with Gasteiger partial charge in [0.05, 0.1) is 22.5 Å².